The van der Waals surface area contributed by atoms with Gasteiger partial charge in [0, 0.05) is 30.2 Å². The summed E-state index contributed by atoms with van der Waals surface area (Å²) in [5.74, 6) is 0.442. The highest BCUT2D eigenvalue weighted by molar-refractivity contribution is 6.35. The Labute approximate surface area is 141 Å². The van der Waals surface area contributed by atoms with E-state index in [-0.39, 0.29) is 37.0 Å². The van der Waals surface area contributed by atoms with Gasteiger partial charge in [-0.1, -0.05) is 23.2 Å². The molecule has 1 amide bonds. The van der Waals surface area contributed by atoms with Crippen molar-refractivity contribution < 1.29 is 9.53 Å². The van der Waals surface area contributed by atoms with Gasteiger partial charge in [-0.15, -0.1) is 12.4 Å². The van der Waals surface area contributed by atoms with Crippen molar-refractivity contribution in [3.05, 3.63) is 28.2 Å². The molecule has 2 unspecified atom stereocenters. The second-order valence-electron chi connectivity index (χ2n) is 4.93. The fourth-order valence-corrected chi connectivity index (χ4v) is 2.69. The summed E-state index contributed by atoms with van der Waals surface area (Å²) in [5.41, 5.74) is 0. The highest BCUT2D eigenvalue weighted by Gasteiger charge is 2.28. The lowest BCUT2D eigenvalue weighted by molar-refractivity contribution is -0.137. The average molecular weight is 354 g/mol. The van der Waals surface area contributed by atoms with Gasteiger partial charge in [0.15, 0.2) is 6.61 Å². The zero-order chi connectivity index (χ0) is 14.7. The largest absolute Gasteiger partial charge is 0.482 e. The molecule has 1 heterocycles. The Kier molecular flexibility index (Phi) is 7.07. The van der Waals surface area contributed by atoms with Gasteiger partial charge in [-0.3, -0.25) is 4.79 Å². The molecule has 21 heavy (non-hydrogen) atoms. The Morgan fingerprint density at radius 3 is 2.81 bits per heavy atom. The third kappa shape index (κ3) is 4.65. The lowest BCUT2D eigenvalue weighted by atomic mass is 10.1. The van der Waals surface area contributed by atoms with Crippen LogP contribution in [0.4, 0.5) is 0 Å². The zero-order valence-electron chi connectivity index (χ0n) is 11.9. The number of amides is 1. The Bertz CT molecular complexity index is 499. The number of carbonyl (C=O) groups excluding carboxylic acids is 1. The van der Waals surface area contributed by atoms with Gasteiger partial charge in [0.05, 0.1) is 5.02 Å². The Hall–Kier alpha value is -0.680. The van der Waals surface area contributed by atoms with Crippen LogP contribution in [0.15, 0.2) is 18.2 Å². The van der Waals surface area contributed by atoms with E-state index in [9.17, 15) is 4.79 Å². The second kappa shape index (κ2) is 8.08. The van der Waals surface area contributed by atoms with E-state index in [4.69, 9.17) is 27.9 Å². The van der Waals surface area contributed by atoms with Crippen molar-refractivity contribution in [1.29, 1.82) is 0 Å². The molecule has 1 aromatic carbocycles. The molecule has 118 valence electrons. The first-order valence-electron chi connectivity index (χ1n) is 6.59. The van der Waals surface area contributed by atoms with E-state index in [0.717, 1.165) is 6.54 Å². The van der Waals surface area contributed by atoms with Gasteiger partial charge in [-0.25, -0.2) is 0 Å². The molecular weight excluding hydrogens is 335 g/mol. The van der Waals surface area contributed by atoms with E-state index in [2.05, 4.69) is 12.2 Å². The van der Waals surface area contributed by atoms with Gasteiger partial charge >= 0.3 is 0 Å². The Morgan fingerprint density at radius 1 is 1.43 bits per heavy atom. The van der Waals surface area contributed by atoms with Crippen LogP contribution in [-0.4, -0.2) is 42.6 Å². The van der Waals surface area contributed by atoms with E-state index in [1.807, 2.05) is 11.8 Å². The van der Waals surface area contributed by atoms with E-state index in [1.165, 1.54) is 0 Å². The molecule has 0 saturated carbocycles. The number of rotatable bonds is 3. The molecule has 1 aliphatic rings. The van der Waals surface area contributed by atoms with Crippen LogP contribution in [0.25, 0.3) is 0 Å². The molecule has 7 heteroatoms. The van der Waals surface area contributed by atoms with Crippen LogP contribution in [0, 0.1) is 0 Å². The molecule has 2 atom stereocenters. The van der Waals surface area contributed by atoms with Crippen LogP contribution in [0.2, 0.25) is 10.0 Å². The second-order valence-corrected chi connectivity index (χ2v) is 5.78. The minimum absolute atomic E-state index is 0. The summed E-state index contributed by atoms with van der Waals surface area (Å²) >= 11 is 11.8. The maximum atomic E-state index is 12.2. The SMILES string of the molecule is CC1NCCN(C(=O)COc2ccc(Cl)cc2Cl)C1C.Cl. The minimum Gasteiger partial charge on any atom is -0.482 e. The summed E-state index contributed by atoms with van der Waals surface area (Å²) in [6.07, 6.45) is 0. The fraction of sp³-hybridized carbons (Fsp3) is 0.500. The highest BCUT2D eigenvalue weighted by Crippen LogP contribution is 2.27. The van der Waals surface area contributed by atoms with Crippen LogP contribution < -0.4 is 10.1 Å². The Balaban J connectivity index is 0.00000220. The van der Waals surface area contributed by atoms with Gasteiger partial charge in [-0.2, -0.15) is 0 Å². The molecule has 0 radical (unpaired) electrons. The van der Waals surface area contributed by atoms with Crippen LogP contribution in [-0.2, 0) is 4.79 Å². The monoisotopic (exact) mass is 352 g/mol. The van der Waals surface area contributed by atoms with Crippen molar-refractivity contribution in [3.63, 3.8) is 0 Å². The molecule has 1 N–H and O–H groups in total. The quantitative estimate of drug-likeness (QED) is 0.908. The van der Waals surface area contributed by atoms with Crippen LogP contribution >= 0.6 is 35.6 Å². The molecule has 1 aromatic rings. The average Bonchev–Trinajstić information content (AvgIpc) is 2.40. The lowest BCUT2D eigenvalue weighted by Crippen LogP contribution is -2.58. The summed E-state index contributed by atoms with van der Waals surface area (Å²) in [6, 6.07) is 5.38. The van der Waals surface area contributed by atoms with E-state index in [1.54, 1.807) is 18.2 Å². The number of nitrogens with one attached hydrogen (secondary N) is 1. The third-order valence-electron chi connectivity index (χ3n) is 3.60. The smallest absolute Gasteiger partial charge is 0.260 e. The molecule has 1 saturated heterocycles. The van der Waals surface area contributed by atoms with Crippen LogP contribution in [0.3, 0.4) is 0 Å². The number of ether oxygens (including phenoxy) is 1. The first kappa shape index (κ1) is 18.4. The van der Waals surface area contributed by atoms with E-state index < -0.39 is 0 Å². The molecule has 0 aliphatic carbocycles. The number of nitrogens with zero attached hydrogens (tertiary/aromatic N) is 1. The Morgan fingerprint density at radius 2 is 2.14 bits per heavy atom. The number of hydrogen-bond acceptors (Lipinski definition) is 3. The summed E-state index contributed by atoms with van der Waals surface area (Å²) < 4.78 is 5.49. The predicted octanol–water partition coefficient (Wildman–Crippen LogP) is 3.00. The topological polar surface area (TPSA) is 41.6 Å². The van der Waals surface area contributed by atoms with Crippen molar-refractivity contribution in [2.24, 2.45) is 0 Å². The maximum Gasteiger partial charge on any atom is 0.260 e. The van der Waals surface area contributed by atoms with Crippen molar-refractivity contribution >= 4 is 41.5 Å². The lowest BCUT2D eigenvalue weighted by Gasteiger charge is -2.38. The summed E-state index contributed by atoms with van der Waals surface area (Å²) in [7, 11) is 0. The highest BCUT2D eigenvalue weighted by atomic mass is 35.5. The number of piperazine rings is 1. The van der Waals surface area contributed by atoms with Crippen LogP contribution in [0.1, 0.15) is 13.8 Å². The molecule has 1 fully saturated rings. The minimum atomic E-state index is -0.0307. The standard InChI is InChI=1S/C14H18Cl2N2O2.ClH/c1-9-10(2)18(6-5-17-9)14(19)8-20-13-4-3-11(15)7-12(13)16;/h3-4,7,9-10,17H,5-6,8H2,1-2H3;1H. The first-order valence-corrected chi connectivity index (χ1v) is 7.35. The number of carbonyl (C=O) groups is 1. The van der Waals surface area contributed by atoms with Crippen molar-refractivity contribution in [3.8, 4) is 5.75 Å². The third-order valence-corrected chi connectivity index (χ3v) is 4.13. The normalized spacial score (nSPS) is 21.6. The van der Waals surface area contributed by atoms with Gasteiger partial charge < -0.3 is 15.0 Å². The molecule has 0 aromatic heterocycles. The van der Waals surface area contributed by atoms with Crippen molar-refractivity contribution in [2.75, 3.05) is 19.7 Å². The van der Waals surface area contributed by atoms with Gasteiger partial charge in [0.1, 0.15) is 5.75 Å². The molecule has 2 rings (SSSR count). The molecule has 0 bridgehead atoms. The van der Waals surface area contributed by atoms with E-state index >= 15 is 0 Å². The van der Waals surface area contributed by atoms with Crippen molar-refractivity contribution in [2.45, 2.75) is 25.9 Å². The summed E-state index contributed by atoms with van der Waals surface area (Å²) in [6.45, 7) is 5.59. The van der Waals surface area contributed by atoms with E-state index in [0.29, 0.717) is 22.3 Å². The molecular formula is C14H19Cl3N2O2. The van der Waals surface area contributed by atoms with Gasteiger partial charge in [0.25, 0.3) is 5.91 Å². The number of halogens is 3. The molecule has 1 aliphatic heterocycles. The molecule has 0 spiro atoms. The fourth-order valence-electron chi connectivity index (χ4n) is 2.22. The summed E-state index contributed by atoms with van der Waals surface area (Å²) in [5, 5.41) is 4.28. The van der Waals surface area contributed by atoms with Crippen molar-refractivity contribution in [1.82, 2.24) is 10.2 Å². The maximum absolute atomic E-state index is 12.2. The summed E-state index contributed by atoms with van der Waals surface area (Å²) in [4.78, 5) is 14.0. The predicted molar refractivity (Wildman–Crippen MR) is 87.8 cm³/mol. The van der Waals surface area contributed by atoms with Crippen LogP contribution in [0.5, 0.6) is 5.75 Å². The zero-order valence-corrected chi connectivity index (χ0v) is 14.3. The number of hydrogen-bond donors (Lipinski definition) is 1. The van der Waals surface area contributed by atoms with Gasteiger partial charge in [-0.05, 0) is 32.0 Å². The number of benzene rings is 1. The van der Waals surface area contributed by atoms with Gasteiger partial charge in [0.2, 0.25) is 0 Å². The first-order chi connectivity index (χ1) is 9.49. The molecule has 4 nitrogen and oxygen atoms in total.